The molecule has 154 valence electrons. The molecular weight excluding hydrogens is 370 g/mol. The van der Waals surface area contributed by atoms with Gasteiger partial charge in [0.15, 0.2) is 12.4 Å². The normalized spacial score (nSPS) is 10.9. The standard InChI is InChI=1S/C23H27NO5/c1-16(25)19-7-5-6-8-20(19)24-21(26)15-29-22(27)13-14-28-18-11-9-17(10-12-18)23(2,3)4/h5-12H,13-15H2,1-4H3,(H,24,26). The minimum atomic E-state index is -0.536. The predicted octanol–water partition coefficient (Wildman–Crippen LogP) is 4.14. The average molecular weight is 397 g/mol. The first-order valence-electron chi connectivity index (χ1n) is 9.45. The van der Waals surface area contributed by atoms with Crippen molar-refractivity contribution in [3.63, 3.8) is 0 Å². The molecule has 0 aliphatic carbocycles. The molecular formula is C23H27NO5. The molecule has 0 aliphatic rings. The molecule has 2 rings (SSSR count). The van der Waals surface area contributed by atoms with Crippen LogP contribution in [0, 0.1) is 0 Å². The molecule has 0 aromatic heterocycles. The summed E-state index contributed by atoms with van der Waals surface area (Å²) >= 11 is 0. The number of carbonyl (C=O) groups excluding carboxylic acids is 3. The summed E-state index contributed by atoms with van der Waals surface area (Å²) in [5.41, 5.74) is 2.05. The average Bonchev–Trinajstić information content (AvgIpc) is 2.66. The third-order valence-corrected chi connectivity index (χ3v) is 4.24. The molecule has 0 spiro atoms. The molecule has 29 heavy (non-hydrogen) atoms. The second-order valence-electron chi connectivity index (χ2n) is 7.68. The fourth-order valence-corrected chi connectivity index (χ4v) is 2.61. The molecule has 6 nitrogen and oxygen atoms in total. The van der Waals surface area contributed by atoms with Crippen LogP contribution < -0.4 is 10.1 Å². The zero-order valence-electron chi connectivity index (χ0n) is 17.3. The Hall–Kier alpha value is -3.15. The van der Waals surface area contributed by atoms with Crippen molar-refractivity contribution in [1.29, 1.82) is 0 Å². The molecule has 2 aromatic rings. The van der Waals surface area contributed by atoms with Gasteiger partial charge in [-0.05, 0) is 42.2 Å². The number of benzene rings is 2. The maximum atomic E-state index is 12.0. The van der Waals surface area contributed by atoms with Gasteiger partial charge in [-0.25, -0.2) is 0 Å². The fourth-order valence-electron chi connectivity index (χ4n) is 2.61. The lowest BCUT2D eigenvalue weighted by Crippen LogP contribution is -2.22. The van der Waals surface area contributed by atoms with Crippen LogP contribution in [-0.2, 0) is 19.7 Å². The summed E-state index contributed by atoms with van der Waals surface area (Å²) in [6, 6.07) is 14.4. The first-order chi connectivity index (χ1) is 13.7. The van der Waals surface area contributed by atoms with Gasteiger partial charge in [0.05, 0.1) is 18.7 Å². The molecule has 0 radical (unpaired) electrons. The highest BCUT2D eigenvalue weighted by atomic mass is 16.5. The molecule has 0 saturated carbocycles. The highest BCUT2D eigenvalue weighted by Crippen LogP contribution is 2.24. The van der Waals surface area contributed by atoms with E-state index in [2.05, 4.69) is 26.1 Å². The van der Waals surface area contributed by atoms with E-state index in [1.54, 1.807) is 24.3 Å². The number of hydrogen-bond donors (Lipinski definition) is 1. The molecule has 0 atom stereocenters. The maximum absolute atomic E-state index is 12.0. The fraction of sp³-hybridized carbons (Fsp3) is 0.348. The topological polar surface area (TPSA) is 81.7 Å². The number of nitrogens with one attached hydrogen (secondary N) is 1. The highest BCUT2D eigenvalue weighted by Gasteiger charge is 2.14. The van der Waals surface area contributed by atoms with Gasteiger partial charge in [-0.1, -0.05) is 45.0 Å². The van der Waals surface area contributed by atoms with E-state index < -0.39 is 18.5 Å². The Morgan fingerprint density at radius 1 is 0.966 bits per heavy atom. The van der Waals surface area contributed by atoms with Crippen LogP contribution in [0.4, 0.5) is 5.69 Å². The van der Waals surface area contributed by atoms with Crippen LogP contribution in [0.15, 0.2) is 48.5 Å². The van der Waals surface area contributed by atoms with Crippen molar-refractivity contribution in [2.75, 3.05) is 18.5 Å². The largest absolute Gasteiger partial charge is 0.493 e. The van der Waals surface area contributed by atoms with Gasteiger partial charge in [0.25, 0.3) is 5.91 Å². The number of carbonyl (C=O) groups is 3. The summed E-state index contributed by atoms with van der Waals surface area (Å²) in [7, 11) is 0. The SMILES string of the molecule is CC(=O)c1ccccc1NC(=O)COC(=O)CCOc1ccc(C(C)(C)C)cc1. The van der Waals surface area contributed by atoms with Crippen molar-refractivity contribution in [3.8, 4) is 5.75 Å². The van der Waals surface area contributed by atoms with Crippen LogP contribution in [0.5, 0.6) is 5.75 Å². The predicted molar refractivity (Wildman–Crippen MR) is 111 cm³/mol. The van der Waals surface area contributed by atoms with Crippen molar-refractivity contribution in [2.45, 2.75) is 39.5 Å². The number of anilines is 1. The third kappa shape index (κ3) is 7.07. The van der Waals surface area contributed by atoms with Crippen molar-refractivity contribution in [1.82, 2.24) is 0 Å². The molecule has 0 heterocycles. The number of amides is 1. The van der Waals surface area contributed by atoms with Crippen LogP contribution in [0.25, 0.3) is 0 Å². The number of ketones is 1. The number of para-hydroxylation sites is 1. The van der Waals surface area contributed by atoms with Crippen LogP contribution in [-0.4, -0.2) is 30.9 Å². The molecule has 6 heteroatoms. The van der Waals surface area contributed by atoms with Crippen LogP contribution in [0.3, 0.4) is 0 Å². The smallest absolute Gasteiger partial charge is 0.309 e. The van der Waals surface area contributed by atoms with Gasteiger partial charge in [0, 0.05) is 5.56 Å². The van der Waals surface area contributed by atoms with E-state index in [0.717, 1.165) is 0 Å². The molecule has 1 amide bonds. The Morgan fingerprint density at radius 2 is 1.62 bits per heavy atom. The highest BCUT2D eigenvalue weighted by molar-refractivity contribution is 6.04. The van der Waals surface area contributed by atoms with Crippen LogP contribution in [0.1, 0.15) is 50.0 Å². The Morgan fingerprint density at radius 3 is 2.24 bits per heavy atom. The Labute approximate surface area is 171 Å². The summed E-state index contributed by atoms with van der Waals surface area (Å²) in [5.74, 6) is -0.535. The lowest BCUT2D eigenvalue weighted by Gasteiger charge is -2.19. The molecule has 0 aliphatic heterocycles. The second kappa shape index (κ2) is 9.87. The van der Waals surface area contributed by atoms with Gasteiger partial charge >= 0.3 is 5.97 Å². The van der Waals surface area contributed by atoms with Crippen LogP contribution in [0.2, 0.25) is 0 Å². The zero-order valence-corrected chi connectivity index (χ0v) is 17.3. The molecule has 2 aromatic carbocycles. The Bertz CT molecular complexity index is 866. The lowest BCUT2D eigenvalue weighted by atomic mass is 9.87. The van der Waals surface area contributed by atoms with Gasteiger partial charge in [-0.2, -0.15) is 0 Å². The first kappa shape index (κ1) is 22.1. The van der Waals surface area contributed by atoms with Crippen molar-refractivity contribution in [3.05, 3.63) is 59.7 Å². The van der Waals surface area contributed by atoms with E-state index in [4.69, 9.17) is 9.47 Å². The quantitative estimate of drug-likeness (QED) is 0.535. The summed E-state index contributed by atoms with van der Waals surface area (Å²) < 4.78 is 10.5. The van der Waals surface area contributed by atoms with Crippen molar-refractivity contribution >= 4 is 23.3 Å². The lowest BCUT2D eigenvalue weighted by molar-refractivity contribution is -0.147. The van der Waals surface area contributed by atoms with Gasteiger partial charge in [-0.15, -0.1) is 0 Å². The summed E-state index contributed by atoms with van der Waals surface area (Å²) in [5, 5.41) is 2.58. The van der Waals surface area contributed by atoms with E-state index >= 15 is 0 Å². The van der Waals surface area contributed by atoms with Crippen molar-refractivity contribution < 1.29 is 23.9 Å². The number of esters is 1. The van der Waals surface area contributed by atoms with Crippen molar-refractivity contribution in [2.24, 2.45) is 0 Å². The monoisotopic (exact) mass is 397 g/mol. The van der Waals surface area contributed by atoms with Gasteiger partial charge in [0.1, 0.15) is 5.75 Å². The van der Waals surface area contributed by atoms with E-state index in [0.29, 0.717) is 17.0 Å². The zero-order chi connectivity index (χ0) is 21.4. The summed E-state index contributed by atoms with van der Waals surface area (Å²) in [6.45, 7) is 7.55. The molecule has 0 bridgehead atoms. The Kier molecular flexibility index (Phi) is 7.53. The number of Topliss-reactive ketones (excluding diaryl/α,β-unsaturated/α-hetero) is 1. The minimum Gasteiger partial charge on any atom is -0.493 e. The van der Waals surface area contributed by atoms with E-state index in [1.165, 1.54) is 12.5 Å². The van der Waals surface area contributed by atoms with E-state index in [9.17, 15) is 14.4 Å². The molecule has 0 saturated heterocycles. The van der Waals surface area contributed by atoms with E-state index in [-0.39, 0.29) is 24.2 Å². The first-order valence-corrected chi connectivity index (χ1v) is 9.45. The molecule has 1 N–H and O–H groups in total. The summed E-state index contributed by atoms with van der Waals surface area (Å²) in [4.78, 5) is 35.3. The number of ether oxygens (including phenoxy) is 2. The van der Waals surface area contributed by atoms with Gasteiger partial charge < -0.3 is 14.8 Å². The number of rotatable bonds is 8. The second-order valence-corrected chi connectivity index (χ2v) is 7.68. The van der Waals surface area contributed by atoms with Gasteiger partial charge in [-0.3, -0.25) is 14.4 Å². The maximum Gasteiger partial charge on any atom is 0.309 e. The third-order valence-electron chi connectivity index (χ3n) is 4.24. The minimum absolute atomic E-state index is 0.0261. The summed E-state index contributed by atoms with van der Waals surface area (Å²) in [6.07, 6.45) is 0.0261. The van der Waals surface area contributed by atoms with E-state index in [1.807, 2.05) is 24.3 Å². The number of hydrogen-bond acceptors (Lipinski definition) is 5. The molecule has 0 unspecified atom stereocenters. The molecule has 0 fully saturated rings. The van der Waals surface area contributed by atoms with Crippen LogP contribution >= 0.6 is 0 Å². The van der Waals surface area contributed by atoms with Gasteiger partial charge in [0.2, 0.25) is 0 Å². The Balaban J connectivity index is 1.73.